The van der Waals surface area contributed by atoms with Crippen LogP contribution in [0.15, 0.2) is 0 Å². The Balaban J connectivity index is 2.32. The van der Waals surface area contributed by atoms with Crippen molar-refractivity contribution in [2.75, 3.05) is 0 Å². The Kier molecular flexibility index (Phi) is 1.49. The van der Waals surface area contributed by atoms with E-state index in [0.717, 1.165) is 0 Å². The molecule has 0 heterocycles. The Bertz CT molecular complexity index is 103. The van der Waals surface area contributed by atoms with Crippen molar-refractivity contribution < 1.29 is 13.2 Å². The summed E-state index contributed by atoms with van der Waals surface area (Å²) in [6.45, 7) is 0. The van der Waals surface area contributed by atoms with Crippen molar-refractivity contribution in [1.82, 2.24) is 0 Å². The van der Waals surface area contributed by atoms with Gasteiger partial charge in [-0.1, -0.05) is 5.82 Å². The van der Waals surface area contributed by atoms with Gasteiger partial charge in [-0.2, -0.15) is 13.2 Å². The van der Waals surface area contributed by atoms with Gasteiger partial charge in [0.2, 0.25) is 0 Å². The summed E-state index contributed by atoms with van der Waals surface area (Å²) in [6.07, 6.45) is -3.25. The summed E-state index contributed by atoms with van der Waals surface area (Å²) >= 11 is 0. The third-order valence-corrected chi connectivity index (χ3v) is 1.84. The van der Waals surface area contributed by atoms with Gasteiger partial charge in [-0.05, 0) is 12.8 Å². The minimum atomic E-state index is -3.92. The second-order valence-electron chi connectivity index (χ2n) is 2.82. The fourth-order valence-electron chi connectivity index (χ4n) is 1.17. The molecule has 0 amide bonds. The molecule has 0 atom stereocenters. The molecule has 0 radical (unpaired) electrons. The molecular weight excluding hydrogens is 128 g/mol. The maximum atomic E-state index is 11.7. The maximum absolute atomic E-state index is 11.7. The molecule has 1 rings (SSSR count). The van der Waals surface area contributed by atoms with E-state index in [9.17, 15) is 13.2 Å². The molecule has 0 aromatic heterocycles. The summed E-state index contributed by atoms with van der Waals surface area (Å²) in [6, 6.07) is 0. The number of hydrogen-bond acceptors (Lipinski definition) is 0. The van der Waals surface area contributed by atoms with Crippen LogP contribution >= 0.6 is 0 Å². The lowest BCUT2D eigenvalue weighted by Gasteiger charge is -2.34. The molecule has 0 aromatic rings. The van der Waals surface area contributed by atoms with Gasteiger partial charge < -0.3 is 0 Å². The first-order valence-electron chi connectivity index (χ1n) is 3.07. The van der Waals surface area contributed by atoms with Crippen molar-refractivity contribution in [3.05, 3.63) is 0 Å². The molecule has 0 bridgehead atoms. The van der Waals surface area contributed by atoms with Crippen molar-refractivity contribution >= 4 is 7.85 Å². The van der Waals surface area contributed by atoms with Crippen LogP contribution in [0, 0.1) is 5.92 Å². The number of hydrogen-bond donors (Lipinski definition) is 0. The van der Waals surface area contributed by atoms with Crippen molar-refractivity contribution in [3.63, 3.8) is 0 Å². The number of alkyl halides is 3. The van der Waals surface area contributed by atoms with Crippen LogP contribution in [0.25, 0.3) is 0 Å². The van der Waals surface area contributed by atoms with Gasteiger partial charge in [-0.15, -0.1) is 0 Å². The zero-order valence-corrected chi connectivity index (χ0v) is 5.20. The fourth-order valence-corrected chi connectivity index (χ4v) is 1.17. The fraction of sp³-hybridized carbons (Fsp3) is 1.00. The van der Waals surface area contributed by atoms with Gasteiger partial charge in [-0.3, -0.25) is 0 Å². The molecule has 0 saturated heterocycles. The monoisotopic (exact) mass is 136 g/mol. The predicted molar refractivity (Wildman–Crippen MR) is 31.1 cm³/mol. The van der Waals surface area contributed by atoms with Gasteiger partial charge in [0.15, 0.2) is 0 Å². The third-order valence-electron chi connectivity index (χ3n) is 1.84. The van der Waals surface area contributed by atoms with E-state index >= 15 is 0 Å². The molecule has 0 unspecified atom stereocenters. The van der Waals surface area contributed by atoms with E-state index in [-0.39, 0.29) is 5.82 Å². The smallest absolute Gasteiger partial charge is 0.171 e. The van der Waals surface area contributed by atoms with Crippen LogP contribution in [0.4, 0.5) is 13.2 Å². The summed E-state index contributed by atoms with van der Waals surface area (Å²) in [5, 5.41) is 0. The van der Waals surface area contributed by atoms with Crippen LogP contribution in [-0.2, 0) is 0 Å². The predicted octanol–water partition coefficient (Wildman–Crippen LogP) is 1.38. The van der Waals surface area contributed by atoms with Gasteiger partial charge in [0.1, 0.15) is 7.85 Å². The van der Waals surface area contributed by atoms with Crippen molar-refractivity contribution in [1.29, 1.82) is 0 Å². The molecular formula is C5H8BF3. The molecule has 1 saturated carbocycles. The highest BCUT2D eigenvalue weighted by atomic mass is 19.4. The molecule has 0 aromatic carbocycles. The average Bonchev–Trinajstić information content (AvgIpc) is 1.55. The van der Waals surface area contributed by atoms with Crippen molar-refractivity contribution in [3.8, 4) is 0 Å². The number of rotatable bonds is 0. The van der Waals surface area contributed by atoms with Crippen LogP contribution in [-0.4, -0.2) is 14.0 Å². The van der Waals surface area contributed by atoms with Crippen LogP contribution < -0.4 is 0 Å². The summed E-state index contributed by atoms with van der Waals surface area (Å²) in [4.78, 5) is 0. The standard InChI is InChI=1S/C5H8BF3/c6-4-1-3(2-4)5(7,8)9/h3-4H,1-2,6H2. The normalized spacial score (nSPS) is 35.9. The quantitative estimate of drug-likeness (QED) is 0.441. The maximum Gasteiger partial charge on any atom is 0.391 e. The molecule has 1 aliphatic carbocycles. The minimum absolute atomic E-state index is 0.289. The van der Waals surface area contributed by atoms with Crippen molar-refractivity contribution in [2.24, 2.45) is 5.92 Å². The van der Waals surface area contributed by atoms with Crippen LogP contribution in [0.1, 0.15) is 12.8 Å². The summed E-state index contributed by atoms with van der Waals surface area (Å²) in [5.41, 5.74) is 0. The largest absolute Gasteiger partial charge is 0.391 e. The highest BCUT2D eigenvalue weighted by molar-refractivity contribution is 6.12. The molecule has 0 N–H and O–H groups in total. The lowest BCUT2D eigenvalue weighted by atomic mass is 9.64. The lowest BCUT2D eigenvalue weighted by Crippen LogP contribution is -2.32. The van der Waals surface area contributed by atoms with E-state index < -0.39 is 12.1 Å². The van der Waals surface area contributed by atoms with E-state index in [2.05, 4.69) is 0 Å². The van der Waals surface area contributed by atoms with Gasteiger partial charge in [0.25, 0.3) is 0 Å². The molecule has 1 aliphatic rings. The van der Waals surface area contributed by atoms with E-state index in [4.69, 9.17) is 0 Å². The molecule has 0 aliphatic heterocycles. The van der Waals surface area contributed by atoms with Gasteiger partial charge >= 0.3 is 6.18 Å². The molecule has 52 valence electrons. The Hall–Kier alpha value is -0.145. The number of halogens is 3. The highest BCUT2D eigenvalue weighted by Crippen LogP contribution is 2.46. The Labute approximate surface area is 52.8 Å². The minimum Gasteiger partial charge on any atom is -0.171 e. The second kappa shape index (κ2) is 1.92. The highest BCUT2D eigenvalue weighted by Gasteiger charge is 2.45. The van der Waals surface area contributed by atoms with Crippen LogP contribution in [0.5, 0.6) is 0 Å². The SMILES string of the molecule is BC1CC(C(F)(F)F)C1. The van der Waals surface area contributed by atoms with Crippen LogP contribution in [0.3, 0.4) is 0 Å². The molecule has 1 fully saturated rings. The van der Waals surface area contributed by atoms with Gasteiger partial charge in [0.05, 0.1) is 5.92 Å². The zero-order chi connectivity index (χ0) is 7.07. The zero-order valence-electron chi connectivity index (χ0n) is 5.20. The summed E-state index contributed by atoms with van der Waals surface area (Å²) in [7, 11) is 1.85. The van der Waals surface area contributed by atoms with Gasteiger partial charge in [0, 0.05) is 0 Å². The molecule has 0 spiro atoms. The van der Waals surface area contributed by atoms with Gasteiger partial charge in [-0.25, -0.2) is 0 Å². The second-order valence-corrected chi connectivity index (χ2v) is 2.82. The van der Waals surface area contributed by atoms with E-state index in [0.29, 0.717) is 12.8 Å². The van der Waals surface area contributed by atoms with E-state index in [1.54, 1.807) is 0 Å². The third kappa shape index (κ3) is 1.40. The Morgan fingerprint density at radius 2 is 1.67 bits per heavy atom. The Morgan fingerprint density at radius 1 is 1.22 bits per heavy atom. The molecule has 9 heavy (non-hydrogen) atoms. The van der Waals surface area contributed by atoms with E-state index in [1.807, 2.05) is 7.85 Å². The van der Waals surface area contributed by atoms with Crippen LogP contribution in [0.2, 0.25) is 5.82 Å². The first-order valence-corrected chi connectivity index (χ1v) is 3.07. The molecule has 4 heteroatoms. The van der Waals surface area contributed by atoms with E-state index in [1.165, 1.54) is 0 Å². The topological polar surface area (TPSA) is 0 Å². The van der Waals surface area contributed by atoms with Crippen molar-refractivity contribution in [2.45, 2.75) is 24.8 Å². The lowest BCUT2D eigenvalue weighted by molar-refractivity contribution is -0.193. The first kappa shape index (κ1) is 6.97. The molecule has 0 nitrogen and oxygen atoms in total. The first-order chi connectivity index (χ1) is 4.00. The summed E-state index contributed by atoms with van der Waals surface area (Å²) < 4.78 is 35.0. The Morgan fingerprint density at radius 3 is 1.78 bits per heavy atom. The summed E-state index contributed by atoms with van der Waals surface area (Å²) in [5.74, 6) is -0.705. The average molecular weight is 136 g/mol.